The van der Waals surface area contributed by atoms with Gasteiger partial charge < -0.3 is 19.9 Å². The zero-order valence-electron chi connectivity index (χ0n) is 14.6. The molecule has 140 valence electrons. The van der Waals surface area contributed by atoms with E-state index < -0.39 is 18.7 Å². The van der Waals surface area contributed by atoms with Crippen molar-refractivity contribution in [2.45, 2.75) is 38.8 Å². The lowest BCUT2D eigenvalue weighted by atomic mass is 10.1. The molecule has 1 fully saturated rings. The molecule has 26 heavy (non-hydrogen) atoms. The van der Waals surface area contributed by atoms with Gasteiger partial charge in [-0.15, -0.1) is 5.10 Å². The second-order valence-electron chi connectivity index (χ2n) is 6.24. The van der Waals surface area contributed by atoms with Gasteiger partial charge in [0.1, 0.15) is 12.7 Å². The summed E-state index contributed by atoms with van der Waals surface area (Å²) >= 11 is 0. The fourth-order valence-corrected chi connectivity index (χ4v) is 2.90. The number of aryl methyl sites for hydroxylation is 2. The van der Waals surface area contributed by atoms with Gasteiger partial charge in [0.25, 0.3) is 5.78 Å². The Balaban J connectivity index is 1.64. The fourth-order valence-electron chi connectivity index (χ4n) is 2.90. The first-order valence-electron chi connectivity index (χ1n) is 8.33. The molecule has 1 saturated heterocycles. The highest BCUT2D eigenvalue weighted by Crippen LogP contribution is 2.12. The van der Waals surface area contributed by atoms with Crippen molar-refractivity contribution >= 4 is 17.7 Å². The smallest absolute Gasteiger partial charge is 0.329 e. The van der Waals surface area contributed by atoms with Crippen LogP contribution in [0.25, 0.3) is 5.78 Å². The molecule has 2 aromatic rings. The predicted molar refractivity (Wildman–Crippen MR) is 88.7 cm³/mol. The molecule has 0 aliphatic carbocycles. The summed E-state index contributed by atoms with van der Waals surface area (Å²) < 4.78 is 12.2. The number of carbonyl (C=O) groups is 2. The summed E-state index contributed by atoms with van der Waals surface area (Å²) in [6.07, 6.45) is 0.0590. The summed E-state index contributed by atoms with van der Waals surface area (Å²) in [6.45, 7) is 4.06. The van der Waals surface area contributed by atoms with Gasteiger partial charge in [0.05, 0.1) is 19.1 Å². The van der Waals surface area contributed by atoms with Gasteiger partial charge >= 0.3 is 5.97 Å². The number of carboxylic acids is 1. The van der Waals surface area contributed by atoms with E-state index in [-0.39, 0.29) is 25.0 Å². The van der Waals surface area contributed by atoms with Crippen LogP contribution in [-0.2, 0) is 25.5 Å². The van der Waals surface area contributed by atoms with E-state index in [1.165, 1.54) is 0 Å². The summed E-state index contributed by atoms with van der Waals surface area (Å²) in [7, 11) is 0. The van der Waals surface area contributed by atoms with E-state index >= 15 is 0 Å². The van der Waals surface area contributed by atoms with Crippen LogP contribution in [0.5, 0.6) is 0 Å². The number of carboxylic acid groups (broad SMARTS) is 1. The van der Waals surface area contributed by atoms with E-state index in [0.717, 1.165) is 11.4 Å². The number of carbonyl (C=O) groups excluding carboxylic acids is 1. The van der Waals surface area contributed by atoms with Crippen molar-refractivity contribution in [1.29, 1.82) is 0 Å². The fraction of sp³-hybridized carbons (Fsp3) is 0.562. The quantitative estimate of drug-likeness (QED) is 0.713. The van der Waals surface area contributed by atoms with Crippen molar-refractivity contribution in [1.82, 2.24) is 24.9 Å². The van der Waals surface area contributed by atoms with E-state index in [4.69, 9.17) is 14.6 Å². The van der Waals surface area contributed by atoms with Gasteiger partial charge in [0.15, 0.2) is 5.82 Å². The average molecular weight is 363 g/mol. The molecule has 2 aromatic heterocycles. The maximum Gasteiger partial charge on any atom is 0.329 e. The van der Waals surface area contributed by atoms with Crippen LogP contribution < -0.4 is 5.32 Å². The Morgan fingerprint density at radius 3 is 3.00 bits per heavy atom. The third-order valence-electron chi connectivity index (χ3n) is 4.05. The van der Waals surface area contributed by atoms with Crippen LogP contribution in [0, 0.1) is 13.8 Å². The lowest BCUT2D eigenvalue weighted by Gasteiger charge is -2.31. The molecule has 0 unspecified atom stereocenters. The molecule has 2 N–H and O–H groups in total. The van der Waals surface area contributed by atoms with Crippen LogP contribution in [0.2, 0.25) is 0 Å². The van der Waals surface area contributed by atoms with Crippen molar-refractivity contribution in [3.8, 4) is 0 Å². The molecule has 10 nitrogen and oxygen atoms in total. The Morgan fingerprint density at radius 2 is 2.23 bits per heavy atom. The molecule has 1 amide bonds. The van der Waals surface area contributed by atoms with Gasteiger partial charge in [0.2, 0.25) is 5.91 Å². The van der Waals surface area contributed by atoms with Crippen LogP contribution in [0.15, 0.2) is 6.07 Å². The highest BCUT2D eigenvalue weighted by molar-refractivity contribution is 5.78. The number of hydrogen-bond donors (Lipinski definition) is 2. The minimum absolute atomic E-state index is 0.00482. The summed E-state index contributed by atoms with van der Waals surface area (Å²) in [6, 6.07) is 1.58. The maximum atomic E-state index is 12.4. The Bertz CT molecular complexity index is 821. The highest BCUT2D eigenvalue weighted by atomic mass is 16.5. The van der Waals surface area contributed by atoms with Crippen LogP contribution in [0.3, 0.4) is 0 Å². The Kier molecular flexibility index (Phi) is 5.43. The third kappa shape index (κ3) is 4.33. The lowest BCUT2D eigenvalue weighted by molar-refractivity contribution is -0.149. The van der Waals surface area contributed by atoms with E-state index in [9.17, 15) is 9.59 Å². The number of hydrogen-bond acceptors (Lipinski definition) is 7. The zero-order chi connectivity index (χ0) is 18.7. The molecular weight excluding hydrogens is 342 g/mol. The summed E-state index contributed by atoms with van der Waals surface area (Å²) in [4.78, 5) is 31.6. The number of rotatable bonds is 6. The molecule has 10 heteroatoms. The number of ether oxygens (including phenoxy) is 2. The standard InChI is InChI=1S/C16H21N5O5/c1-9-5-10(2)21-16(17-9)19-13(20-21)6-14(22)18-11-3-4-25-7-12(11)26-8-15(23)24/h5,11-12H,3-4,6-8H2,1-2H3,(H,18,22)(H,23,24)/t11-,12-/m1/s1. The summed E-state index contributed by atoms with van der Waals surface area (Å²) in [5, 5.41) is 15.9. The van der Waals surface area contributed by atoms with Crippen molar-refractivity contribution < 1.29 is 24.2 Å². The third-order valence-corrected chi connectivity index (χ3v) is 4.05. The molecule has 1 aliphatic rings. The highest BCUT2D eigenvalue weighted by Gasteiger charge is 2.29. The van der Waals surface area contributed by atoms with E-state index in [1.807, 2.05) is 19.9 Å². The normalized spacial score (nSPS) is 20.2. The first-order chi connectivity index (χ1) is 12.4. The first kappa shape index (κ1) is 18.2. The van der Waals surface area contributed by atoms with Crippen LogP contribution in [-0.4, -0.2) is 68.5 Å². The van der Waals surface area contributed by atoms with Gasteiger partial charge in [-0.2, -0.15) is 4.98 Å². The van der Waals surface area contributed by atoms with Crippen LogP contribution in [0.4, 0.5) is 0 Å². The molecular formula is C16H21N5O5. The summed E-state index contributed by atoms with van der Waals surface area (Å²) in [5.41, 5.74) is 1.72. The van der Waals surface area contributed by atoms with Crippen LogP contribution >= 0.6 is 0 Å². The Morgan fingerprint density at radius 1 is 1.42 bits per heavy atom. The van der Waals surface area contributed by atoms with Gasteiger partial charge in [-0.25, -0.2) is 14.3 Å². The lowest BCUT2D eigenvalue weighted by Crippen LogP contribution is -2.50. The van der Waals surface area contributed by atoms with E-state index in [0.29, 0.717) is 24.6 Å². The Hall–Kier alpha value is -2.59. The number of fused-ring (bicyclic) bond motifs is 1. The number of aliphatic carboxylic acids is 1. The topological polar surface area (TPSA) is 128 Å². The second-order valence-corrected chi connectivity index (χ2v) is 6.24. The van der Waals surface area contributed by atoms with Gasteiger partial charge in [0, 0.05) is 18.0 Å². The Labute approximate surface area is 149 Å². The maximum absolute atomic E-state index is 12.4. The molecule has 0 bridgehead atoms. The van der Waals surface area contributed by atoms with E-state index in [1.54, 1.807) is 4.52 Å². The van der Waals surface area contributed by atoms with Gasteiger partial charge in [-0.3, -0.25) is 4.79 Å². The average Bonchev–Trinajstić information content (AvgIpc) is 2.96. The minimum atomic E-state index is -1.06. The first-order valence-corrected chi connectivity index (χ1v) is 8.33. The van der Waals surface area contributed by atoms with Crippen molar-refractivity contribution in [3.05, 3.63) is 23.3 Å². The van der Waals surface area contributed by atoms with Gasteiger partial charge in [-0.05, 0) is 26.3 Å². The molecule has 2 atom stereocenters. The van der Waals surface area contributed by atoms with E-state index in [2.05, 4.69) is 20.4 Å². The number of nitrogens with zero attached hydrogens (tertiary/aromatic N) is 4. The molecule has 3 heterocycles. The number of amides is 1. The monoisotopic (exact) mass is 363 g/mol. The largest absolute Gasteiger partial charge is 0.480 e. The molecule has 0 spiro atoms. The zero-order valence-corrected chi connectivity index (χ0v) is 14.6. The van der Waals surface area contributed by atoms with Crippen molar-refractivity contribution in [3.63, 3.8) is 0 Å². The number of nitrogens with one attached hydrogen (secondary N) is 1. The molecule has 0 radical (unpaired) electrons. The van der Waals surface area contributed by atoms with Gasteiger partial charge in [-0.1, -0.05) is 0 Å². The summed E-state index contributed by atoms with van der Waals surface area (Å²) in [5.74, 6) is -0.489. The molecule has 0 aromatic carbocycles. The molecule has 1 aliphatic heterocycles. The second kappa shape index (κ2) is 7.75. The minimum Gasteiger partial charge on any atom is -0.480 e. The molecule has 0 saturated carbocycles. The van der Waals surface area contributed by atoms with Crippen LogP contribution in [0.1, 0.15) is 23.6 Å². The van der Waals surface area contributed by atoms with Crippen molar-refractivity contribution in [2.75, 3.05) is 19.8 Å². The van der Waals surface area contributed by atoms with Crippen molar-refractivity contribution in [2.24, 2.45) is 0 Å². The predicted octanol–water partition coefficient (Wildman–Crippen LogP) is -0.341. The number of aromatic nitrogens is 4. The molecule has 3 rings (SSSR count). The SMILES string of the molecule is Cc1cc(C)n2nc(CC(=O)N[C@@H]3CCOC[C@H]3OCC(=O)O)nc2n1.